The first-order valence-corrected chi connectivity index (χ1v) is 9.72. The van der Waals surface area contributed by atoms with Gasteiger partial charge in [0.05, 0.1) is 0 Å². The lowest BCUT2D eigenvalue weighted by Gasteiger charge is -2.42. The number of carbonyl (C=O) groups is 4. The lowest BCUT2D eigenvalue weighted by molar-refractivity contribution is -0.138. The molecule has 0 aromatic heterocycles. The van der Waals surface area contributed by atoms with Gasteiger partial charge < -0.3 is 15.1 Å². The number of nitrogens with zero attached hydrogens (tertiary/aromatic N) is 2. The van der Waals surface area contributed by atoms with E-state index < -0.39 is 5.54 Å². The highest BCUT2D eigenvalue weighted by atomic mass is 16.2. The minimum atomic E-state index is -0.898. The Morgan fingerprint density at radius 1 is 1.11 bits per heavy atom. The second-order valence-electron chi connectivity index (χ2n) is 7.75. The van der Waals surface area contributed by atoms with Gasteiger partial charge in [0.2, 0.25) is 11.8 Å². The minimum Gasteiger partial charge on any atom is -0.353 e. The van der Waals surface area contributed by atoms with Crippen LogP contribution >= 0.6 is 0 Å². The van der Waals surface area contributed by atoms with Gasteiger partial charge in [-0.1, -0.05) is 30.3 Å². The molecule has 148 valence electrons. The van der Waals surface area contributed by atoms with E-state index in [1.54, 1.807) is 9.80 Å². The molecule has 5 amide bonds. The van der Waals surface area contributed by atoms with Crippen LogP contribution in [0, 0.1) is 0 Å². The minimum absolute atomic E-state index is 0.00640. The SMILES string of the molecule is O=C1CC[C@H](CC(=O)N2CCC3(CC2)C(=O)NC(=O)N3Cc2ccccc2)N1. The van der Waals surface area contributed by atoms with Crippen LogP contribution in [0.2, 0.25) is 0 Å². The summed E-state index contributed by atoms with van der Waals surface area (Å²) < 4.78 is 0. The number of nitrogens with one attached hydrogen (secondary N) is 2. The number of amides is 5. The number of piperidine rings is 1. The monoisotopic (exact) mass is 384 g/mol. The molecule has 3 aliphatic heterocycles. The summed E-state index contributed by atoms with van der Waals surface area (Å²) in [4.78, 5) is 52.3. The number of urea groups is 1. The van der Waals surface area contributed by atoms with Crippen LogP contribution in [0.5, 0.6) is 0 Å². The number of likely N-dealkylation sites (tertiary alicyclic amines) is 1. The molecule has 1 aromatic rings. The Hall–Kier alpha value is -2.90. The Labute approximate surface area is 163 Å². The Balaban J connectivity index is 1.42. The van der Waals surface area contributed by atoms with Crippen molar-refractivity contribution in [3.63, 3.8) is 0 Å². The first kappa shape index (κ1) is 18.5. The molecule has 4 rings (SSSR count). The van der Waals surface area contributed by atoms with Crippen LogP contribution in [0.1, 0.15) is 37.7 Å². The average Bonchev–Trinajstić information content (AvgIpc) is 3.19. The van der Waals surface area contributed by atoms with Gasteiger partial charge in [0.15, 0.2) is 0 Å². The Morgan fingerprint density at radius 2 is 1.82 bits per heavy atom. The van der Waals surface area contributed by atoms with Gasteiger partial charge in [-0.3, -0.25) is 19.7 Å². The highest BCUT2D eigenvalue weighted by molar-refractivity contribution is 6.07. The van der Waals surface area contributed by atoms with Crippen molar-refractivity contribution in [1.29, 1.82) is 0 Å². The zero-order chi connectivity index (χ0) is 19.7. The van der Waals surface area contributed by atoms with Crippen molar-refractivity contribution in [1.82, 2.24) is 20.4 Å². The topological polar surface area (TPSA) is 98.8 Å². The number of hydrogen-bond donors (Lipinski definition) is 2. The van der Waals surface area contributed by atoms with E-state index in [0.29, 0.717) is 45.3 Å². The number of rotatable bonds is 4. The highest BCUT2D eigenvalue weighted by Gasteiger charge is 2.54. The Bertz CT molecular complexity index is 802. The van der Waals surface area contributed by atoms with Crippen molar-refractivity contribution in [2.75, 3.05) is 13.1 Å². The third kappa shape index (κ3) is 3.34. The molecule has 1 atom stereocenters. The van der Waals surface area contributed by atoms with Crippen LogP contribution in [0.15, 0.2) is 30.3 Å². The van der Waals surface area contributed by atoms with Crippen LogP contribution in [-0.4, -0.2) is 58.2 Å². The van der Waals surface area contributed by atoms with Crippen LogP contribution in [0.4, 0.5) is 4.79 Å². The molecular weight excluding hydrogens is 360 g/mol. The van der Waals surface area contributed by atoms with Gasteiger partial charge >= 0.3 is 6.03 Å². The molecule has 3 saturated heterocycles. The normalized spacial score (nSPS) is 23.9. The van der Waals surface area contributed by atoms with E-state index in [4.69, 9.17) is 0 Å². The predicted octanol–water partition coefficient (Wildman–Crippen LogP) is 0.768. The van der Waals surface area contributed by atoms with E-state index >= 15 is 0 Å². The maximum Gasteiger partial charge on any atom is 0.325 e. The van der Waals surface area contributed by atoms with Gasteiger partial charge in [0.25, 0.3) is 5.91 Å². The first-order chi connectivity index (χ1) is 13.5. The fraction of sp³-hybridized carbons (Fsp3) is 0.500. The summed E-state index contributed by atoms with van der Waals surface area (Å²) in [6.07, 6.45) is 2.28. The summed E-state index contributed by atoms with van der Waals surface area (Å²) in [5, 5.41) is 5.27. The van der Waals surface area contributed by atoms with Crippen molar-refractivity contribution in [2.45, 2.75) is 50.2 Å². The van der Waals surface area contributed by atoms with Crippen LogP contribution < -0.4 is 10.6 Å². The number of hydrogen-bond acceptors (Lipinski definition) is 4. The lowest BCUT2D eigenvalue weighted by atomic mass is 9.85. The van der Waals surface area contributed by atoms with E-state index in [9.17, 15) is 19.2 Å². The fourth-order valence-electron chi connectivity index (χ4n) is 4.38. The maximum atomic E-state index is 12.6. The van der Waals surface area contributed by atoms with Gasteiger partial charge in [0.1, 0.15) is 5.54 Å². The smallest absolute Gasteiger partial charge is 0.325 e. The zero-order valence-corrected chi connectivity index (χ0v) is 15.6. The maximum absolute atomic E-state index is 12.6. The summed E-state index contributed by atoms with van der Waals surface area (Å²) in [6.45, 7) is 1.21. The largest absolute Gasteiger partial charge is 0.353 e. The van der Waals surface area contributed by atoms with Crippen LogP contribution in [0.3, 0.4) is 0 Å². The molecule has 8 nitrogen and oxygen atoms in total. The molecule has 0 aliphatic carbocycles. The number of benzene rings is 1. The Morgan fingerprint density at radius 3 is 2.46 bits per heavy atom. The van der Waals surface area contributed by atoms with Crippen molar-refractivity contribution in [2.24, 2.45) is 0 Å². The molecule has 0 bridgehead atoms. The van der Waals surface area contributed by atoms with Crippen molar-refractivity contribution in [3.8, 4) is 0 Å². The van der Waals surface area contributed by atoms with Gasteiger partial charge in [-0.2, -0.15) is 0 Å². The molecule has 8 heteroatoms. The number of carbonyl (C=O) groups excluding carboxylic acids is 4. The average molecular weight is 384 g/mol. The third-order valence-electron chi connectivity index (χ3n) is 6.04. The van der Waals surface area contributed by atoms with E-state index in [1.807, 2.05) is 30.3 Å². The fourth-order valence-corrected chi connectivity index (χ4v) is 4.38. The first-order valence-electron chi connectivity index (χ1n) is 9.72. The molecule has 3 heterocycles. The van der Waals surface area contributed by atoms with Gasteiger partial charge in [-0.05, 0) is 24.8 Å². The molecule has 1 spiro atoms. The molecule has 3 fully saturated rings. The molecule has 3 aliphatic rings. The molecule has 1 aromatic carbocycles. The standard InChI is InChI=1S/C20H24N4O4/c25-16-7-6-15(21-16)12-17(26)23-10-8-20(9-11-23)18(27)22-19(28)24(20)13-14-4-2-1-3-5-14/h1-5,15H,6-13H2,(H,21,25)(H,22,27,28)/t15-/m1/s1. The summed E-state index contributed by atoms with van der Waals surface area (Å²) in [7, 11) is 0. The predicted molar refractivity (Wildman–Crippen MR) is 99.9 cm³/mol. The molecular formula is C20H24N4O4. The lowest BCUT2D eigenvalue weighted by Crippen LogP contribution is -2.57. The Kier molecular flexibility index (Phi) is 4.78. The molecule has 0 unspecified atom stereocenters. The van der Waals surface area contributed by atoms with Gasteiger partial charge in [0, 0.05) is 38.5 Å². The summed E-state index contributed by atoms with van der Waals surface area (Å²) in [6, 6.07) is 9.10. The second kappa shape index (κ2) is 7.26. The van der Waals surface area contributed by atoms with Gasteiger partial charge in [-0.25, -0.2) is 4.79 Å². The third-order valence-corrected chi connectivity index (χ3v) is 6.04. The zero-order valence-electron chi connectivity index (χ0n) is 15.6. The number of imide groups is 1. The molecule has 28 heavy (non-hydrogen) atoms. The molecule has 0 radical (unpaired) electrons. The molecule has 2 N–H and O–H groups in total. The van der Waals surface area contributed by atoms with Crippen LogP contribution in [-0.2, 0) is 20.9 Å². The molecule has 0 saturated carbocycles. The van der Waals surface area contributed by atoms with E-state index in [-0.39, 0.29) is 36.2 Å². The summed E-state index contributed by atoms with van der Waals surface area (Å²) in [5.74, 6) is -0.293. The van der Waals surface area contributed by atoms with Crippen LogP contribution in [0.25, 0.3) is 0 Å². The van der Waals surface area contributed by atoms with E-state index in [0.717, 1.165) is 5.56 Å². The van der Waals surface area contributed by atoms with Crippen molar-refractivity contribution in [3.05, 3.63) is 35.9 Å². The quantitative estimate of drug-likeness (QED) is 0.749. The summed E-state index contributed by atoms with van der Waals surface area (Å²) in [5.41, 5.74) is 0.0628. The van der Waals surface area contributed by atoms with E-state index in [1.165, 1.54) is 0 Å². The van der Waals surface area contributed by atoms with E-state index in [2.05, 4.69) is 10.6 Å². The van der Waals surface area contributed by atoms with Crippen molar-refractivity contribution >= 4 is 23.8 Å². The second-order valence-corrected chi connectivity index (χ2v) is 7.75. The highest BCUT2D eigenvalue weighted by Crippen LogP contribution is 2.34. The summed E-state index contributed by atoms with van der Waals surface area (Å²) >= 11 is 0. The van der Waals surface area contributed by atoms with Crippen molar-refractivity contribution < 1.29 is 19.2 Å². The van der Waals surface area contributed by atoms with Gasteiger partial charge in [-0.15, -0.1) is 0 Å².